The average Bonchev–Trinajstić information content (AvgIpc) is 1.25. The van der Waals surface area contributed by atoms with Crippen molar-refractivity contribution in [2.24, 2.45) is 0 Å². The molecule has 58 valence electrons. The first-order valence-corrected chi connectivity index (χ1v) is 3.88. The molecule has 0 heterocycles. The van der Waals surface area contributed by atoms with Crippen LogP contribution in [0.1, 0.15) is 6.92 Å². The number of carbonyl (C=O) groups is 1. The second-order valence-corrected chi connectivity index (χ2v) is 2.74. The van der Waals surface area contributed by atoms with Crippen molar-refractivity contribution in [1.82, 2.24) is 6.15 Å². The molecule has 4 nitrogen and oxygen atoms in total. The van der Waals surface area contributed by atoms with Crippen molar-refractivity contribution < 1.29 is 14.5 Å². The Morgan fingerprint density at radius 1 is 1.56 bits per heavy atom. The molecule has 0 fully saturated rings. The minimum Gasteiger partial charge on any atom is -0.617 e. The molecule has 0 rings (SSSR count). The molecule has 0 aliphatic heterocycles. The number of carboxylic acids is 1. The van der Waals surface area contributed by atoms with E-state index in [-0.39, 0.29) is 6.15 Å². The number of carboxylic acid groups (broad SMARTS) is 1. The third-order valence-electron chi connectivity index (χ3n) is 0. The maximum atomic E-state index is 9.56. The highest BCUT2D eigenvalue weighted by Gasteiger charge is 1.66. The quantitative estimate of drug-likeness (QED) is 0.490. The van der Waals surface area contributed by atoms with E-state index in [0.717, 1.165) is 6.92 Å². The van der Waals surface area contributed by atoms with Gasteiger partial charge in [0.2, 0.25) is 0 Å². The lowest BCUT2D eigenvalue weighted by molar-refractivity contribution is -0.134. The molecule has 0 spiro atoms. The van der Waals surface area contributed by atoms with E-state index in [1.54, 1.807) is 12.5 Å². The Hall–Kier alpha value is -0.260. The normalized spacial score (nSPS) is 6.78. The van der Waals surface area contributed by atoms with Gasteiger partial charge in [-0.05, 0) is 0 Å². The Labute approximate surface area is 58.0 Å². The Kier molecular flexibility index (Phi) is 18.8. The molecule has 0 aliphatic rings. The van der Waals surface area contributed by atoms with Crippen LogP contribution in [-0.2, 0) is 16.0 Å². The highest BCUT2D eigenvalue weighted by atomic mass is 32.2. The molecule has 0 bridgehead atoms. The van der Waals surface area contributed by atoms with Crippen molar-refractivity contribution in [2.45, 2.75) is 6.92 Å². The van der Waals surface area contributed by atoms with Gasteiger partial charge in [-0.15, -0.1) is 0 Å². The lowest BCUT2D eigenvalue weighted by Crippen LogP contribution is -1.86. The van der Waals surface area contributed by atoms with E-state index in [9.17, 15) is 4.55 Å². The molecule has 0 aromatic carbocycles. The van der Waals surface area contributed by atoms with Crippen LogP contribution in [0.25, 0.3) is 0 Å². The molecule has 0 unspecified atom stereocenters. The fourth-order valence-electron chi connectivity index (χ4n) is 0. The van der Waals surface area contributed by atoms with E-state index in [1.165, 1.54) is 0 Å². The molecule has 5 heteroatoms. The Morgan fingerprint density at radius 3 is 1.56 bits per heavy atom. The standard InChI is InChI=1S/C2H4O2.C2H6OS.H3N/c1-2(3)4;1-4(2)3;/h1H3,(H,3,4);1-2H3;1H3. The van der Waals surface area contributed by atoms with Crippen LogP contribution in [0.4, 0.5) is 0 Å². The topological polar surface area (TPSA) is 95.4 Å². The molecule has 0 saturated carbocycles. The second kappa shape index (κ2) is 10.7. The lowest BCUT2D eigenvalue weighted by Gasteiger charge is -1.87. The minimum absolute atomic E-state index is 0. The van der Waals surface area contributed by atoms with E-state index >= 15 is 0 Å². The smallest absolute Gasteiger partial charge is 0.300 e. The molecule has 9 heavy (non-hydrogen) atoms. The van der Waals surface area contributed by atoms with Gasteiger partial charge in [-0.1, -0.05) is 11.2 Å². The molecule has 0 atom stereocenters. The van der Waals surface area contributed by atoms with Gasteiger partial charge in [-0.25, -0.2) is 0 Å². The first-order chi connectivity index (χ1) is 3.46. The summed E-state index contributed by atoms with van der Waals surface area (Å²) < 4.78 is 9.56. The molecular formula is C4H13NO3S. The molecular weight excluding hydrogens is 142 g/mol. The van der Waals surface area contributed by atoms with Gasteiger partial charge in [0.05, 0.1) is 12.5 Å². The first-order valence-electron chi connectivity index (χ1n) is 1.91. The van der Waals surface area contributed by atoms with E-state index in [0.29, 0.717) is 0 Å². The molecule has 0 saturated heterocycles. The van der Waals surface area contributed by atoms with Crippen molar-refractivity contribution >= 4 is 17.1 Å². The zero-order chi connectivity index (χ0) is 7.15. The van der Waals surface area contributed by atoms with Crippen molar-refractivity contribution in [3.05, 3.63) is 0 Å². The van der Waals surface area contributed by atoms with Crippen LogP contribution in [-0.4, -0.2) is 28.1 Å². The highest BCUT2D eigenvalue weighted by Crippen LogP contribution is 1.61. The zero-order valence-corrected chi connectivity index (χ0v) is 6.70. The van der Waals surface area contributed by atoms with Crippen LogP contribution in [0, 0.1) is 0 Å². The monoisotopic (exact) mass is 155 g/mol. The number of hydrogen-bond acceptors (Lipinski definition) is 3. The number of aliphatic carboxylic acids is 1. The van der Waals surface area contributed by atoms with E-state index in [1.807, 2.05) is 0 Å². The van der Waals surface area contributed by atoms with Gasteiger partial charge in [-0.2, -0.15) is 0 Å². The zero-order valence-electron chi connectivity index (χ0n) is 5.88. The lowest BCUT2D eigenvalue weighted by atomic mass is 10.9. The van der Waals surface area contributed by atoms with Crippen molar-refractivity contribution in [2.75, 3.05) is 12.5 Å². The van der Waals surface area contributed by atoms with Crippen LogP contribution in [0.15, 0.2) is 0 Å². The maximum Gasteiger partial charge on any atom is 0.300 e. The Morgan fingerprint density at radius 2 is 1.56 bits per heavy atom. The van der Waals surface area contributed by atoms with Crippen LogP contribution in [0.2, 0.25) is 0 Å². The molecule has 0 aromatic rings. The van der Waals surface area contributed by atoms with E-state index < -0.39 is 17.1 Å². The summed E-state index contributed by atoms with van der Waals surface area (Å²) in [6.45, 7) is 1.08. The third kappa shape index (κ3) is 3770. The van der Waals surface area contributed by atoms with Crippen molar-refractivity contribution in [3.63, 3.8) is 0 Å². The fourth-order valence-corrected chi connectivity index (χ4v) is 0. The Balaban J connectivity index is -0.0000000720. The molecule has 4 N–H and O–H groups in total. The van der Waals surface area contributed by atoms with Gasteiger partial charge in [0.1, 0.15) is 0 Å². The maximum absolute atomic E-state index is 9.56. The van der Waals surface area contributed by atoms with E-state index in [4.69, 9.17) is 9.90 Å². The van der Waals surface area contributed by atoms with Crippen LogP contribution >= 0.6 is 0 Å². The summed E-state index contributed by atoms with van der Waals surface area (Å²) in [5, 5.41) is 7.42. The summed E-state index contributed by atoms with van der Waals surface area (Å²) in [6.07, 6.45) is 3.28. The molecule has 0 amide bonds. The first kappa shape index (κ1) is 15.9. The predicted molar refractivity (Wildman–Crippen MR) is 38.3 cm³/mol. The van der Waals surface area contributed by atoms with Crippen molar-refractivity contribution in [3.8, 4) is 0 Å². The van der Waals surface area contributed by atoms with Crippen LogP contribution < -0.4 is 6.15 Å². The van der Waals surface area contributed by atoms with Gasteiger partial charge >= 0.3 is 0 Å². The summed E-state index contributed by atoms with van der Waals surface area (Å²) in [5.41, 5.74) is 0. The molecule has 0 aromatic heterocycles. The van der Waals surface area contributed by atoms with Crippen molar-refractivity contribution in [1.29, 1.82) is 0 Å². The van der Waals surface area contributed by atoms with Gasteiger partial charge in [-0.3, -0.25) is 4.79 Å². The Bertz CT molecular complexity index is 60.1. The summed E-state index contributed by atoms with van der Waals surface area (Å²) in [6, 6.07) is 0. The molecule has 0 radical (unpaired) electrons. The third-order valence-corrected chi connectivity index (χ3v) is 0. The number of rotatable bonds is 0. The van der Waals surface area contributed by atoms with E-state index in [2.05, 4.69) is 0 Å². The van der Waals surface area contributed by atoms with Gasteiger partial charge in [0, 0.05) is 6.92 Å². The van der Waals surface area contributed by atoms with Gasteiger partial charge in [0.25, 0.3) is 5.97 Å². The van der Waals surface area contributed by atoms with Crippen LogP contribution in [0.5, 0.6) is 0 Å². The summed E-state index contributed by atoms with van der Waals surface area (Å²) in [5.74, 6) is -0.833. The van der Waals surface area contributed by atoms with Crippen LogP contribution in [0.3, 0.4) is 0 Å². The minimum atomic E-state index is -0.833. The highest BCUT2D eigenvalue weighted by molar-refractivity contribution is 7.89. The predicted octanol–water partition coefficient (Wildman–Crippen LogP) is 0.248. The second-order valence-electron chi connectivity index (χ2n) is 1.26. The fraction of sp³-hybridized carbons (Fsp3) is 0.750. The summed E-state index contributed by atoms with van der Waals surface area (Å²) >= 11 is -0.611. The van der Waals surface area contributed by atoms with Gasteiger partial charge < -0.3 is 15.8 Å². The summed E-state index contributed by atoms with van der Waals surface area (Å²) in [7, 11) is 0. The van der Waals surface area contributed by atoms with Gasteiger partial charge in [0.15, 0.2) is 0 Å². The largest absolute Gasteiger partial charge is 0.617 e. The average molecular weight is 155 g/mol. The summed E-state index contributed by atoms with van der Waals surface area (Å²) in [4.78, 5) is 9.00. The molecule has 0 aliphatic carbocycles. The number of hydrogen-bond donors (Lipinski definition) is 2. The SMILES string of the molecule is CC(=O)O.C[S+](C)[O-].N.